The van der Waals surface area contributed by atoms with Gasteiger partial charge < -0.3 is 90.0 Å². The van der Waals surface area contributed by atoms with Gasteiger partial charge in [-0.1, -0.05) is 0 Å². The first-order chi connectivity index (χ1) is 38.0. The van der Waals surface area contributed by atoms with E-state index in [0.29, 0.717) is 199 Å². The zero-order valence-corrected chi connectivity index (χ0v) is 45.6. The van der Waals surface area contributed by atoms with E-state index in [1.807, 2.05) is 52.0 Å². The molecule has 0 bridgehead atoms. The maximum Gasteiger partial charge on any atom is 0.397 e. The van der Waals surface area contributed by atoms with E-state index in [9.17, 15) is 4.79 Å². The summed E-state index contributed by atoms with van der Waals surface area (Å²) in [5.41, 5.74) is 10.7. The topological polar surface area (TPSA) is 241 Å². The van der Waals surface area contributed by atoms with Gasteiger partial charge in [-0.3, -0.25) is 0 Å². The van der Waals surface area contributed by atoms with E-state index in [-0.39, 0.29) is 46.2 Å². The van der Waals surface area contributed by atoms with Crippen LogP contribution in [0.25, 0.3) is 10.4 Å². The van der Waals surface area contributed by atoms with Crippen LogP contribution < -0.4 is 28.4 Å². The van der Waals surface area contributed by atoms with Gasteiger partial charge in [0, 0.05) is 54.7 Å². The molecule has 0 heterocycles. The van der Waals surface area contributed by atoms with Gasteiger partial charge >= 0.3 is 6.09 Å². The first-order valence-corrected chi connectivity index (χ1v) is 26.3. The van der Waals surface area contributed by atoms with E-state index >= 15 is 0 Å². The van der Waals surface area contributed by atoms with E-state index in [1.54, 1.807) is 30.3 Å². The smallest absolute Gasteiger partial charge is 0.397 e. The number of amides is 1. The largest absolute Gasteiger partial charge is 0.491 e. The third-order valence-electron chi connectivity index (χ3n) is 9.90. The Labute approximate surface area is 453 Å². The molecule has 23 nitrogen and oxygen atoms in total. The van der Waals surface area contributed by atoms with Crippen molar-refractivity contribution in [3.63, 3.8) is 0 Å². The summed E-state index contributed by atoms with van der Waals surface area (Å²) in [7, 11) is 0. The van der Waals surface area contributed by atoms with Crippen LogP contribution in [0.1, 0.15) is 44.4 Å². The second-order valence-corrected chi connectivity index (χ2v) is 15.8. The molecule has 1 amide bonds. The van der Waals surface area contributed by atoms with Crippen molar-refractivity contribution >= 4 is 6.09 Å². The average molecular weight is 1090 g/mol. The van der Waals surface area contributed by atoms with Crippen LogP contribution in [0.15, 0.2) is 59.7 Å². The number of nitrogens with zero attached hydrogens (tertiary/aromatic N) is 3. The summed E-state index contributed by atoms with van der Waals surface area (Å²) in [4.78, 5) is 14.6. The second-order valence-electron chi connectivity index (χ2n) is 15.8. The predicted molar refractivity (Wildman–Crippen MR) is 282 cm³/mol. The zero-order valence-electron chi connectivity index (χ0n) is 45.6. The number of hydrogen-bond donors (Lipinski definition) is 0. The first-order valence-electron chi connectivity index (χ1n) is 26.3. The van der Waals surface area contributed by atoms with E-state index in [0.717, 1.165) is 11.1 Å². The fourth-order valence-electron chi connectivity index (χ4n) is 6.40. The fourth-order valence-corrected chi connectivity index (χ4v) is 6.40. The van der Waals surface area contributed by atoms with Crippen molar-refractivity contribution in [1.82, 2.24) is 0 Å². The zero-order chi connectivity index (χ0) is 54.9. The van der Waals surface area contributed by atoms with Crippen LogP contribution in [-0.2, 0) is 81.4 Å². The van der Waals surface area contributed by atoms with Crippen molar-refractivity contribution in [2.24, 2.45) is 5.11 Å². The normalized spacial score (nSPS) is 11.1. The molecule has 3 aromatic carbocycles. The Morgan fingerprint density at radius 1 is 0.325 bits per heavy atom. The van der Waals surface area contributed by atoms with E-state index < -0.39 is 6.09 Å². The Bertz CT molecular complexity index is 1780. The maximum atomic E-state index is 12.1. The minimum Gasteiger partial charge on any atom is -0.491 e. The minimum absolute atomic E-state index is 0.0789. The molecule has 0 radical (unpaired) electrons. The molecule has 77 heavy (non-hydrogen) atoms. The molecule has 0 saturated carbocycles. The van der Waals surface area contributed by atoms with Crippen LogP contribution in [0.4, 0.5) is 4.79 Å². The van der Waals surface area contributed by atoms with Gasteiger partial charge in [0.1, 0.15) is 80.7 Å². The number of hydrogen-bond acceptors (Lipinski definition) is 20. The number of rotatable bonds is 52. The molecule has 0 N–H and O–H groups in total. The molecule has 0 aliphatic carbocycles. The van der Waals surface area contributed by atoms with Gasteiger partial charge in [0.2, 0.25) is 0 Å². The van der Waals surface area contributed by atoms with Crippen molar-refractivity contribution in [3.05, 3.63) is 81.7 Å². The van der Waals surface area contributed by atoms with Crippen LogP contribution >= 0.6 is 0 Å². The molecule has 434 valence electrons. The van der Waals surface area contributed by atoms with Crippen molar-refractivity contribution in [1.29, 1.82) is 0 Å². The van der Waals surface area contributed by atoms with Gasteiger partial charge in [0.05, 0.1) is 132 Å². The van der Waals surface area contributed by atoms with Gasteiger partial charge in [-0.2, -0.15) is 0 Å². The number of carbonyl (C=O) groups is 1. The molecule has 23 heteroatoms. The van der Waals surface area contributed by atoms with Crippen LogP contribution in [0.2, 0.25) is 0 Å². The van der Waals surface area contributed by atoms with Gasteiger partial charge in [-0.15, -0.1) is 0 Å². The highest BCUT2D eigenvalue weighted by Crippen LogP contribution is 2.29. The maximum absolute atomic E-state index is 12.1. The summed E-state index contributed by atoms with van der Waals surface area (Å²) in [5.74, 6) is 2.93. The average Bonchev–Trinajstić information content (AvgIpc) is 3.43. The molecule has 0 saturated heterocycles. The Hall–Kier alpha value is -5.24. The Kier molecular flexibility index (Phi) is 40.2. The van der Waals surface area contributed by atoms with Crippen molar-refractivity contribution < 1.29 is 94.8 Å². The Morgan fingerprint density at radius 3 is 0.792 bits per heavy atom. The third kappa shape index (κ3) is 35.7. The lowest BCUT2D eigenvalue weighted by atomic mass is 10.2. The highest BCUT2D eigenvalue weighted by Gasteiger charge is 2.12. The first kappa shape index (κ1) is 66.0. The molecule has 3 aromatic rings. The second kappa shape index (κ2) is 46.8. The summed E-state index contributed by atoms with van der Waals surface area (Å²) < 4.78 is 108. The molecule has 0 aliphatic heterocycles. The van der Waals surface area contributed by atoms with Gasteiger partial charge in [-0.05, 0) is 86.3 Å². The Balaban J connectivity index is 1.72. The van der Waals surface area contributed by atoms with E-state index in [2.05, 4.69) is 10.0 Å². The van der Waals surface area contributed by atoms with E-state index in [1.165, 1.54) is 0 Å². The predicted octanol–water partition coefficient (Wildman–Crippen LogP) is 7.59. The third-order valence-corrected chi connectivity index (χ3v) is 9.90. The molecule has 0 spiro atoms. The van der Waals surface area contributed by atoms with Crippen LogP contribution in [0.5, 0.6) is 34.5 Å². The van der Waals surface area contributed by atoms with Crippen molar-refractivity contribution in [2.75, 3.05) is 185 Å². The Morgan fingerprint density at radius 2 is 0.545 bits per heavy atom. The highest BCUT2D eigenvalue weighted by molar-refractivity contribution is 5.68. The number of ether oxygens (including phenoxy) is 19. The van der Waals surface area contributed by atoms with Crippen molar-refractivity contribution in [2.45, 2.75) is 47.5 Å². The molecule has 0 unspecified atom stereocenters. The van der Waals surface area contributed by atoms with Gasteiger partial charge in [0.15, 0.2) is 0 Å². The monoisotopic (exact) mass is 1090 g/mol. The lowest BCUT2D eigenvalue weighted by molar-refractivity contribution is 0.0109. The number of azide groups is 1. The van der Waals surface area contributed by atoms with E-state index in [4.69, 9.17) is 95.5 Å². The molecular formula is C54H83N3O20. The summed E-state index contributed by atoms with van der Waals surface area (Å²) in [6.45, 7) is 20.2. The SMILES string of the molecule is CCOCCOCCOCCOc1cc(COc2cc(COC(=O)N=[N+]=[N-])cc(OCc3cc(OCCOCCOCCOCC)cc(OCCOCCOCCOCC)c3)c2)cc(OCCOCCOCCOCC)c1. The summed E-state index contributed by atoms with van der Waals surface area (Å²) in [6, 6.07) is 16.0. The fraction of sp³-hybridized carbons (Fsp3) is 0.648. The van der Waals surface area contributed by atoms with Crippen LogP contribution in [-0.4, -0.2) is 191 Å². The van der Waals surface area contributed by atoms with Crippen molar-refractivity contribution in [3.8, 4) is 34.5 Å². The number of benzene rings is 3. The summed E-state index contributed by atoms with van der Waals surface area (Å²) in [6.07, 6.45) is -1.09. The molecule has 0 atom stereocenters. The quantitative estimate of drug-likeness (QED) is 0.0229. The highest BCUT2D eigenvalue weighted by atomic mass is 16.6. The summed E-state index contributed by atoms with van der Waals surface area (Å²) >= 11 is 0. The molecule has 0 fully saturated rings. The standard InChI is InChI=1S/C54H83N3O20/c1-5-59-9-13-63-17-21-67-25-29-71-48-33-45(34-49(39-48)72-30-26-68-22-18-64-14-10-60-6-2)42-75-52-37-47(44-77-54(58)56-57-55)38-53(41-52)76-43-46-35-50(73-31-27-69-23-19-65-15-11-61-7-3)40-51(36-46)74-32-28-70-24-20-66-16-12-62-8-4/h33-41H,5-32,42-44H2,1-4H3. The minimum atomic E-state index is -1.09. The molecule has 3 rings (SSSR count). The molecule has 0 aromatic heterocycles. The molecular weight excluding hydrogens is 1010 g/mol. The van der Waals surface area contributed by atoms with Gasteiger partial charge in [0.25, 0.3) is 0 Å². The van der Waals surface area contributed by atoms with Crippen LogP contribution in [0.3, 0.4) is 0 Å². The lowest BCUT2D eigenvalue weighted by Crippen LogP contribution is -2.13. The molecule has 0 aliphatic rings. The van der Waals surface area contributed by atoms with Gasteiger partial charge in [-0.25, -0.2) is 4.79 Å². The summed E-state index contributed by atoms with van der Waals surface area (Å²) in [5, 5.41) is 3.02. The van der Waals surface area contributed by atoms with Crippen LogP contribution in [0, 0.1) is 0 Å². The number of carbonyl (C=O) groups excluding carboxylic acids is 1. The lowest BCUT2D eigenvalue weighted by Gasteiger charge is -2.16.